The van der Waals surface area contributed by atoms with E-state index in [1.165, 1.54) is 4.31 Å². The molecule has 1 aliphatic rings. The van der Waals surface area contributed by atoms with Crippen LogP contribution in [-0.4, -0.2) is 31.2 Å². The van der Waals surface area contributed by atoms with Crippen molar-refractivity contribution in [3.05, 3.63) is 36.4 Å². The number of benzene rings is 2. The summed E-state index contributed by atoms with van der Waals surface area (Å²) in [4.78, 5) is 10.9. The number of aliphatic carboxylic acids is 1. The second-order valence-electron chi connectivity index (χ2n) is 6.12. The van der Waals surface area contributed by atoms with E-state index in [0.717, 1.165) is 42.1 Å². The van der Waals surface area contributed by atoms with Crippen LogP contribution in [0.2, 0.25) is 0 Å². The molecule has 26 heavy (non-hydrogen) atoms. The number of unbranched alkanes of at least 4 members (excludes halogenated alkanes) is 4. The minimum absolute atomic E-state index is 0.206. The molecular weight excluding hydrogens is 356 g/mol. The van der Waals surface area contributed by atoms with Crippen LogP contribution in [-0.2, 0) is 14.8 Å². The van der Waals surface area contributed by atoms with Gasteiger partial charge in [0.1, 0.15) is 0 Å². The Kier molecular flexibility index (Phi) is 6.96. The highest BCUT2D eigenvalue weighted by Gasteiger charge is 2.34. The van der Waals surface area contributed by atoms with E-state index in [0.29, 0.717) is 17.9 Å². The molecule has 8 heteroatoms. The fourth-order valence-corrected chi connectivity index (χ4v) is 5.01. The number of nitrogens with zero attached hydrogens (tertiary/aromatic N) is 1. The number of hydrogen-bond donors (Lipinski definition) is 3. The number of carboxylic acids is 1. The summed E-state index contributed by atoms with van der Waals surface area (Å²) < 4.78 is 27.0. The molecule has 0 radical (unpaired) electrons. The summed E-state index contributed by atoms with van der Waals surface area (Å²) in [7, 11) is -3.45. The summed E-state index contributed by atoms with van der Waals surface area (Å²) in [5, 5.41) is 16.9. The molecule has 1 heterocycles. The molecule has 0 aliphatic carbocycles. The highest BCUT2D eigenvalue weighted by Crippen LogP contribution is 2.41. The smallest absolute Gasteiger partial charge is 0.303 e. The zero-order chi connectivity index (χ0) is 19.2. The quantitative estimate of drug-likeness (QED) is 0.478. The van der Waals surface area contributed by atoms with Crippen LogP contribution in [0.1, 0.15) is 38.5 Å². The highest BCUT2D eigenvalue weighted by molar-refractivity contribution is 7.93. The Morgan fingerprint density at radius 1 is 0.962 bits per heavy atom. The molecule has 2 aromatic carbocycles. The summed E-state index contributed by atoms with van der Waals surface area (Å²) in [6.07, 6.45) is 4.36. The minimum Gasteiger partial charge on any atom is -0.481 e. The maximum Gasteiger partial charge on any atom is 0.303 e. The summed E-state index contributed by atoms with van der Waals surface area (Å²) in [6.45, 7) is 0.467. The Morgan fingerprint density at radius 2 is 1.58 bits per heavy atom. The summed E-state index contributed by atoms with van der Waals surface area (Å²) in [5.41, 5.74) is 0.772. The number of carboxylic acid groups (broad SMARTS) is 1. The van der Waals surface area contributed by atoms with Crippen molar-refractivity contribution in [2.75, 3.05) is 10.8 Å². The Hall–Kier alpha value is -2.16. The molecule has 0 bridgehead atoms. The maximum absolute atomic E-state index is 12.8. The van der Waals surface area contributed by atoms with Crippen LogP contribution < -0.4 is 10.2 Å². The molecule has 0 spiro atoms. The SMILES string of the molecule is NO.O=C(O)CCCCCCCN1c2cccc3cccc(c23)S1(=O)=O. The van der Waals surface area contributed by atoms with Gasteiger partial charge in [-0.15, -0.1) is 0 Å². The summed E-state index contributed by atoms with van der Waals surface area (Å²) >= 11 is 0. The molecule has 2 aromatic rings. The first-order chi connectivity index (χ1) is 12.5. The van der Waals surface area contributed by atoms with E-state index in [4.69, 9.17) is 10.3 Å². The number of carbonyl (C=O) groups is 1. The predicted molar refractivity (Wildman–Crippen MR) is 99.8 cm³/mol. The third kappa shape index (κ3) is 4.14. The molecule has 3 rings (SSSR count). The van der Waals surface area contributed by atoms with Crippen molar-refractivity contribution in [3.63, 3.8) is 0 Å². The number of sulfonamides is 1. The summed E-state index contributed by atoms with van der Waals surface area (Å²) in [5.74, 6) is 2.74. The fourth-order valence-electron chi connectivity index (χ4n) is 3.26. The molecule has 0 atom stereocenters. The molecule has 0 amide bonds. The van der Waals surface area contributed by atoms with Crippen LogP contribution in [0.3, 0.4) is 0 Å². The first-order valence-corrected chi connectivity index (χ1v) is 9.98. The maximum atomic E-state index is 12.8. The Bertz CT molecular complexity index is 862. The van der Waals surface area contributed by atoms with Crippen molar-refractivity contribution in [1.82, 2.24) is 0 Å². The van der Waals surface area contributed by atoms with E-state index in [9.17, 15) is 13.2 Å². The molecule has 7 nitrogen and oxygen atoms in total. The molecule has 142 valence electrons. The topological polar surface area (TPSA) is 121 Å². The van der Waals surface area contributed by atoms with Gasteiger partial charge in [0, 0.05) is 18.4 Å². The fraction of sp³-hybridized carbons (Fsp3) is 0.389. The largest absolute Gasteiger partial charge is 0.481 e. The van der Waals surface area contributed by atoms with Crippen molar-refractivity contribution in [2.45, 2.75) is 43.4 Å². The first-order valence-electron chi connectivity index (χ1n) is 8.54. The summed E-state index contributed by atoms with van der Waals surface area (Å²) in [6, 6.07) is 11.1. The second kappa shape index (κ2) is 8.98. The lowest BCUT2D eigenvalue weighted by Gasteiger charge is -2.18. The van der Waals surface area contributed by atoms with Crippen LogP contribution in [0.25, 0.3) is 10.8 Å². The lowest BCUT2D eigenvalue weighted by molar-refractivity contribution is -0.137. The van der Waals surface area contributed by atoms with Gasteiger partial charge in [-0.3, -0.25) is 9.10 Å². The molecule has 0 unspecified atom stereocenters. The van der Waals surface area contributed by atoms with Crippen molar-refractivity contribution in [3.8, 4) is 0 Å². The standard InChI is InChI=1S/C18H21NO4S.H3NO/c20-17(21)12-4-2-1-3-5-13-19-15-10-6-8-14-9-7-11-16(18(14)15)24(19,22)23;1-2/h6-11H,1-5,12-13H2,(H,20,21);2H,1H2. The zero-order valence-corrected chi connectivity index (χ0v) is 15.3. The van der Waals surface area contributed by atoms with E-state index >= 15 is 0 Å². The number of nitrogens with two attached hydrogens (primary N) is 1. The average Bonchev–Trinajstić information content (AvgIpc) is 2.85. The monoisotopic (exact) mass is 380 g/mol. The van der Waals surface area contributed by atoms with Gasteiger partial charge in [-0.05, 0) is 30.4 Å². The lowest BCUT2D eigenvalue weighted by Crippen LogP contribution is -2.28. The predicted octanol–water partition coefficient (Wildman–Crippen LogP) is 3.11. The van der Waals surface area contributed by atoms with Gasteiger partial charge in [0.05, 0.1) is 10.6 Å². The van der Waals surface area contributed by atoms with E-state index in [2.05, 4.69) is 5.90 Å². The molecule has 0 fully saturated rings. The van der Waals surface area contributed by atoms with Gasteiger partial charge in [-0.2, -0.15) is 0 Å². The molecule has 0 aromatic heterocycles. The molecule has 0 saturated heterocycles. The van der Waals surface area contributed by atoms with E-state index in [-0.39, 0.29) is 6.42 Å². The van der Waals surface area contributed by atoms with Crippen LogP contribution in [0.4, 0.5) is 5.69 Å². The van der Waals surface area contributed by atoms with Crippen LogP contribution in [0.5, 0.6) is 0 Å². The molecule has 1 aliphatic heterocycles. The third-order valence-electron chi connectivity index (χ3n) is 4.43. The zero-order valence-electron chi connectivity index (χ0n) is 14.5. The minimum atomic E-state index is -3.45. The highest BCUT2D eigenvalue weighted by atomic mass is 32.2. The van der Waals surface area contributed by atoms with Crippen molar-refractivity contribution < 1.29 is 23.5 Å². The Labute approximate surface area is 153 Å². The first kappa shape index (κ1) is 20.2. The van der Waals surface area contributed by atoms with Gasteiger partial charge in [0.25, 0.3) is 10.0 Å². The molecule has 4 N–H and O–H groups in total. The number of rotatable bonds is 8. The van der Waals surface area contributed by atoms with E-state index in [1.54, 1.807) is 12.1 Å². The second-order valence-corrected chi connectivity index (χ2v) is 7.95. The van der Waals surface area contributed by atoms with Crippen LogP contribution in [0, 0.1) is 0 Å². The lowest BCUT2D eigenvalue weighted by atomic mass is 10.1. The van der Waals surface area contributed by atoms with Gasteiger partial charge >= 0.3 is 5.97 Å². The van der Waals surface area contributed by atoms with Gasteiger partial charge < -0.3 is 10.3 Å². The van der Waals surface area contributed by atoms with Crippen molar-refractivity contribution >= 4 is 32.5 Å². The van der Waals surface area contributed by atoms with E-state index in [1.807, 2.05) is 24.3 Å². The Balaban J connectivity index is 0.00000117. The van der Waals surface area contributed by atoms with Crippen molar-refractivity contribution in [2.24, 2.45) is 5.90 Å². The molecule has 0 saturated carbocycles. The third-order valence-corrected chi connectivity index (χ3v) is 6.29. The van der Waals surface area contributed by atoms with Gasteiger partial charge in [-0.25, -0.2) is 14.3 Å². The van der Waals surface area contributed by atoms with Crippen LogP contribution in [0.15, 0.2) is 41.3 Å². The van der Waals surface area contributed by atoms with Crippen molar-refractivity contribution in [1.29, 1.82) is 0 Å². The van der Waals surface area contributed by atoms with Crippen LogP contribution >= 0.6 is 0 Å². The Morgan fingerprint density at radius 3 is 2.27 bits per heavy atom. The van der Waals surface area contributed by atoms with Gasteiger partial charge in [0.2, 0.25) is 0 Å². The number of hydrogen-bond acceptors (Lipinski definition) is 5. The van der Waals surface area contributed by atoms with E-state index < -0.39 is 16.0 Å². The normalized spacial score (nSPS) is 14.2. The van der Waals surface area contributed by atoms with Gasteiger partial charge in [-0.1, -0.05) is 43.5 Å². The van der Waals surface area contributed by atoms with Gasteiger partial charge in [0.15, 0.2) is 0 Å². The average molecular weight is 380 g/mol. The number of anilines is 1. The molecular formula is C18H24N2O5S.